The molecule has 1 amide bonds. The molecule has 0 unspecified atom stereocenters. The van der Waals surface area contributed by atoms with Crippen LogP contribution in [0.5, 0.6) is 0 Å². The van der Waals surface area contributed by atoms with Crippen LogP contribution in [0.25, 0.3) is 0 Å². The summed E-state index contributed by atoms with van der Waals surface area (Å²) in [6.45, 7) is 5.81. The number of thiocarbonyl (C=S) groups is 1. The second kappa shape index (κ2) is 7.89. The number of benzene rings is 2. The molecule has 0 aromatic heterocycles. The molecule has 4 nitrogen and oxygen atoms in total. The maximum absolute atomic E-state index is 13.1. The predicted octanol–water partition coefficient (Wildman–Crippen LogP) is 5.04. The van der Waals surface area contributed by atoms with Gasteiger partial charge in [-0.15, -0.1) is 0 Å². The summed E-state index contributed by atoms with van der Waals surface area (Å²) >= 11 is 17.7. The van der Waals surface area contributed by atoms with Gasteiger partial charge in [-0.2, -0.15) is 0 Å². The topological polar surface area (TPSA) is 53.2 Å². The molecular formula is C20H19Cl2N3OS. The molecule has 2 aromatic rings. The van der Waals surface area contributed by atoms with Gasteiger partial charge < -0.3 is 16.0 Å². The Morgan fingerprint density at radius 1 is 1.15 bits per heavy atom. The third-order valence-corrected chi connectivity index (χ3v) is 5.42. The fourth-order valence-electron chi connectivity index (χ4n) is 3.04. The molecule has 0 fully saturated rings. The molecule has 0 spiro atoms. The highest BCUT2D eigenvalue weighted by molar-refractivity contribution is 7.80. The van der Waals surface area contributed by atoms with Crippen molar-refractivity contribution in [2.24, 2.45) is 0 Å². The standard InChI is InChI=1S/C20H19Cl2N3OS/c1-10-5-4-6-16(11(10)2)24-19(26)17-12(3)23-20(27)25-18(17)14-8-7-13(21)9-15(14)22/h4-9,18H,1-3H3,(H,24,26)(H2,23,25,27)/t18-/m0/s1. The molecule has 0 saturated carbocycles. The van der Waals surface area contributed by atoms with Crippen molar-refractivity contribution in [2.45, 2.75) is 26.8 Å². The van der Waals surface area contributed by atoms with Gasteiger partial charge in [-0.1, -0.05) is 41.4 Å². The van der Waals surface area contributed by atoms with Gasteiger partial charge in [0.05, 0.1) is 11.6 Å². The minimum atomic E-state index is -0.478. The number of aryl methyl sites for hydroxylation is 1. The third-order valence-electron chi connectivity index (χ3n) is 4.64. The summed E-state index contributed by atoms with van der Waals surface area (Å²) in [4.78, 5) is 13.1. The molecule has 7 heteroatoms. The first-order valence-electron chi connectivity index (χ1n) is 8.38. The number of amides is 1. The van der Waals surface area contributed by atoms with E-state index >= 15 is 0 Å². The summed E-state index contributed by atoms with van der Waals surface area (Å²) in [5.74, 6) is -0.222. The Labute approximate surface area is 173 Å². The van der Waals surface area contributed by atoms with Gasteiger partial charge in [0, 0.05) is 21.4 Å². The van der Waals surface area contributed by atoms with Gasteiger partial charge in [-0.25, -0.2) is 0 Å². The summed E-state index contributed by atoms with van der Waals surface area (Å²) in [5.41, 5.74) is 4.84. The van der Waals surface area contributed by atoms with Crippen LogP contribution >= 0.6 is 35.4 Å². The monoisotopic (exact) mass is 419 g/mol. The Balaban J connectivity index is 2.01. The highest BCUT2D eigenvalue weighted by Crippen LogP contribution is 2.34. The SMILES string of the molecule is CC1=C(C(=O)Nc2cccc(C)c2C)[C@H](c2ccc(Cl)cc2Cl)NC(=S)N1. The van der Waals surface area contributed by atoms with E-state index in [0.29, 0.717) is 26.4 Å². The van der Waals surface area contributed by atoms with Crippen LogP contribution < -0.4 is 16.0 Å². The van der Waals surface area contributed by atoms with Crippen LogP contribution in [-0.2, 0) is 4.79 Å². The van der Waals surface area contributed by atoms with Gasteiger partial charge in [-0.05, 0) is 67.9 Å². The zero-order valence-electron chi connectivity index (χ0n) is 15.1. The average molecular weight is 420 g/mol. The van der Waals surface area contributed by atoms with Crippen molar-refractivity contribution >= 4 is 52.1 Å². The van der Waals surface area contributed by atoms with Crippen molar-refractivity contribution in [3.05, 3.63) is 74.4 Å². The Bertz CT molecular complexity index is 972. The molecule has 0 radical (unpaired) electrons. The molecule has 0 bridgehead atoms. The number of hydrogen-bond donors (Lipinski definition) is 3. The highest BCUT2D eigenvalue weighted by Gasteiger charge is 2.31. The van der Waals surface area contributed by atoms with Crippen LogP contribution in [0.3, 0.4) is 0 Å². The van der Waals surface area contributed by atoms with Crippen molar-refractivity contribution in [3.63, 3.8) is 0 Å². The van der Waals surface area contributed by atoms with E-state index in [-0.39, 0.29) is 5.91 Å². The van der Waals surface area contributed by atoms with E-state index in [2.05, 4.69) is 16.0 Å². The number of carbonyl (C=O) groups excluding carboxylic acids is 1. The van der Waals surface area contributed by atoms with E-state index < -0.39 is 6.04 Å². The van der Waals surface area contributed by atoms with Gasteiger partial charge in [-0.3, -0.25) is 4.79 Å². The van der Waals surface area contributed by atoms with Gasteiger partial charge in [0.1, 0.15) is 0 Å². The Morgan fingerprint density at radius 2 is 1.89 bits per heavy atom. The Hall–Kier alpha value is -2.08. The number of carbonyl (C=O) groups is 1. The molecule has 1 atom stereocenters. The molecule has 0 saturated heterocycles. The molecule has 1 aliphatic heterocycles. The smallest absolute Gasteiger partial charge is 0.255 e. The van der Waals surface area contributed by atoms with Crippen molar-refractivity contribution in [3.8, 4) is 0 Å². The maximum atomic E-state index is 13.1. The molecule has 27 heavy (non-hydrogen) atoms. The second-order valence-electron chi connectivity index (χ2n) is 6.44. The second-order valence-corrected chi connectivity index (χ2v) is 7.69. The van der Waals surface area contributed by atoms with E-state index in [1.54, 1.807) is 18.2 Å². The fourth-order valence-corrected chi connectivity index (χ4v) is 3.83. The lowest BCUT2D eigenvalue weighted by atomic mass is 9.94. The first-order valence-corrected chi connectivity index (χ1v) is 9.55. The summed E-state index contributed by atoms with van der Waals surface area (Å²) < 4.78 is 0. The van der Waals surface area contributed by atoms with E-state index in [9.17, 15) is 4.79 Å². The lowest BCUT2D eigenvalue weighted by Gasteiger charge is -2.31. The van der Waals surface area contributed by atoms with Gasteiger partial charge in [0.15, 0.2) is 5.11 Å². The Morgan fingerprint density at radius 3 is 2.59 bits per heavy atom. The van der Waals surface area contributed by atoms with Crippen molar-refractivity contribution < 1.29 is 4.79 Å². The largest absolute Gasteiger partial charge is 0.351 e. The highest BCUT2D eigenvalue weighted by atomic mass is 35.5. The molecule has 2 aromatic carbocycles. The van der Waals surface area contributed by atoms with Crippen LogP contribution in [0.4, 0.5) is 5.69 Å². The minimum Gasteiger partial charge on any atom is -0.351 e. The summed E-state index contributed by atoms with van der Waals surface area (Å²) in [5, 5.41) is 10.6. The van der Waals surface area contributed by atoms with Crippen LogP contribution in [0.15, 0.2) is 47.7 Å². The fraction of sp³-hybridized carbons (Fsp3) is 0.200. The van der Waals surface area contributed by atoms with E-state index in [1.807, 2.05) is 39.0 Å². The van der Waals surface area contributed by atoms with E-state index in [0.717, 1.165) is 22.4 Å². The van der Waals surface area contributed by atoms with Crippen LogP contribution in [0, 0.1) is 13.8 Å². The quantitative estimate of drug-likeness (QED) is 0.609. The molecule has 3 N–H and O–H groups in total. The van der Waals surface area contributed by atoms with Crippen molar-refractivity contribution in [1.82, 2.24) is 10.6 Å². The summed E-state index contributed by atoms with van der Waals surface area (Å²) in [6.07, 6.45) is 0. The van der Waals surface area contributed by atoms with Crippen LogP contribution in [-0.4, -0.2) is 11.0 Å². The maximum Gasteiger partial charge on any atom is 0.255 e. The van der Waals surface area contributed by atoms with Crippen molar-refractivity contribution in [1.29, 1.82) is 0 Å². The molecule has 3 rings (SSSR count). The number of nitrogens with one attached hydrogen (secondary N) is 3. The predicted molar refractivity (Wildman–Crippen MR) is 115 cm³/mol. The molecule has 0 aliphatic carbocycles. The number of halogens is 2. The molecule has 1 aliphatic rings. The van der Waals surface area contributed by atoms with Gasteiger partial charge in [0.2, 0.25) is 0 Å². The van der Waals surface area contributed by atoms with E-state index in [1.165, 1.54) is 0 Å². The minimum absolute atomic E-state index is 0.222. The van der Waals surface area contributed by atoms with Crippen LogP contribution in [0.2, 0.25) is 10.0 Å². The number of hydrogen-bond acceptors (Lipinski definition) is 2. The Kier molecular flexibility index (Phi) is 5.75. The van der Waals surface area contributed by atoms with Gasteiger partial charge in [0.25, 0.3) is 5.91 Å². The zero-order valence-corrected chi connectivity index (χ0v) is 17.4. The lowest BCUT2D eigenvalue weighted by Crippen LogP contribution is -2.45. The third kappa shape index (κ3) is 4.10. The summed E-state index contributed by atoms with van der Waals surface area (Å²) in [7, 11) is 0. The van der Waals surface area contributed by atoms with Crippen LogP contribution in [0.1, 0.15) is 29.7 Å². The number of allylic oxidation sites excluding steroid dienone is 1. The number of rotatable bonds is 3. The first-order chi connectivity index (χ1) is 12.8. The average Bonchev–Trinajstić information content (AvgIpc) is 2.58. The number of anilines is 1. The zero-order chi connectivity index (χ0) is 19.7. The summed E-state index contributed by atoms with van der Waals surface area (Å²) in [6, 6.07) is 10.5. The molecule has 140 valence electrons. The molecular weight excluding hydrogens is 401 g/mol. The normalized spacial score (nSPS) is 16.6. The van der Waals surface area contributed by atoms with E-state index in [4.69, 9.17) is 35.4 Å². The lowest BCUT2D eigenvalue weighted by molar-refractivity contribution is -0.113. The first kappa shape index (κ1) is 19.7. The van der Waals surface area contributed by atoms with Crippen molar-refractivity contribution in [2.75, 3.05) is 5.32 Å². The van der Waals surface area contributed by atoms with Gasteiger partial charge >= 0.3 is 0 Å². The molecule has 1 heterocycles.